The Bertz CT molecular complexity index is 425. The molecule has 0 aromatic carbocycles. The van der Waals surface area contributed by atoms with Gasteiger partial charge in [0.05, 0.1) is 25.3 Å². The van der Waals surface area contributed by atoms with Gasteiger partial charge in [-0.25, -0.2) is 0 Å². The van der Waals surface area contributed by atoms with Crippen molar-refractivity contribution < 1.29 is 14.6 Å². The Morgan fingerprint density at radius 3 is 2.85 bits per heavy atom. The molecule has 1 saturated heterocycles. The first-order valence-corrected chi connectivity index (χ1v) is 7.17. The molecular formula is C14H23N3O3. The summed E-state index contributed by atoms with van der Waals surface area (Å²) in [4.78, 5) is 12.9. The first-order chi connectivity index (χ1) is 9.63. The Kier molecular flexibility index (Phi) is 5.55. The van der Waals surface area contributed by atoms with Gasteiger partial charge in [-0.2, -0.15) is 5.10 Å². The Morgan fingerprint density at radius 2 is 2.25 bits per heavy atom. The summed E-state index contributed by atoms with van der Waals surface area (Å²) >= 11 is 0. The number of hydrogen-bond acceptors (Lipinski definition) is 4. The average Bonchev–Trinajstić information content (AvgIpc) is 2.83. The summed E-state index contributed by atoms with van der Waals surface area (Å²) in [6.07, 6.45) is 7.31. The second kappa shape index (κ2) is 7.40. The third-order valence-corrected chi connectivity index (χ3v) is 3.68. The number of ether oxygens (including phenoxy) is 1. The third-order valence-electron chi connectivity index (χ3n) is 3.68. The standard InChI is InChI=1S/C14H23N3O3/c1-16-11-12(10-15-16)2-6-17-7-3-13(4-8-17)20-9-5-14(18)19/h10-11,13H,2-9H2,1H3,(H,18,19). The van der Waals surface area contributed by atoms with Gasteiger partial charge >= 0.3 is 5.97 Å². The third kappa shape index (κ3) is 4.94. The van der Waals surface area contributed by atoms with Gasteiger partial charge in [0, 0.05) is 32.9 Å². The number of carboxylic acids is 1. The van der Waals surface area contributed by atoms with E-state index in [4.69, 9.17) is 9.84 Å². The SMILES string of the molecule is Cn1cc(CCN2CCC(OCCC(=O)O)CC2)cn1. The zero-order valence-corrected chi connectivity index (χ0v) is 12.0. The van der Waals surface area contributed by atoms with Crippen molar-refractivity contribution in [2.24, 2.45) is 7.05 Å². The van der Waals surface area contributed by atoms with E-state index in [2.05, 4.69) is 16.2 Å². The van der Waals surface area contributed by atoms with Crippen LogP contribution in [0.3, 0.4) is 0 Å². The minimum atomic E-state index is -0.793. The van der Waals surface area contributed by atoms with Crippen LogP contribution in [0.25, 0.3) is 0 Å². The number of nitrogens with zero attached hydrogens (tertiary/aromatic N) is 3. The lowest BCUT2D eigenvalue weighted by Crippen LogP contribution is -2.38. The molecule has 1 aromatic rings. The van der Waals surface area contributed by atoms with Gasteiger partial charge in [0.1, 0.15) is 0 Å². The molecule has 6 heteroatoms. The molecular weight excluding hydrogens is 258 g/mol. The molecule has 0 amide bonds. The lowest BCUT2D eigenvalue weighted by atomic mass is 10.1. The molecule has 20 heavy (non-hydrogen) atoms. The number of carboxylic acid groups (broad SMARTS) is 1. The fraction of sp³-hybridized carbons (Fsp3) is 0.714. The fourth-order valence-corrected chi connectivity index (χ4v) is 2.50. The van der Waals surface area contributed by atoms with Crippen molar-refractivity contribution >= 4 is 5.97 Å². The van der Waals surface area contributed by atoms with Crippen LogP contribution in [-0.2, 0) is 23.0 Å². The largest absolute Gasteiger partial charge is 0.481 e. The van der Waals surface area contributed by atoms with E-state index in [9.17, 15) is 4.79 Å². The predicted molar refractivity (Wildman–Crippen MR) is 74.6 cm³/mol. The van der Waals surface area contributed by atoms with Crippen LogP contribution in [0.15, 0.2) is 12.4 Å². The fourth-order valence-electron chi connectivity index (χ4n) is 2.50. The van der Waals surface area contributed by atoms with Gasteiger partial charge in [0.2, 0.25) is 0 Å². The molecule has 1 N–H and O–H groups in total. The Labute approximate surface area is 119 Å². The van der Waals surface area contributed by atoms with Gasteiger partial charge in [0.25, 0.3) is 0 Å². The molecule has 0 radical (unpaired) electrons. The zero-order chi connectivity index (χ0) is 14.4. The van der Waals surface area contributed by atoms with Crippen molar-refractivity contribution in [1.29, 1.82) is 0 Å². The van der Waals surface area contributed by atoms with Crippen LogP contribution in [0.1, 0.15) is 24.8 Å². The van der Waals surface area contributed by atoms with E-state index in [1.165, 1.54) is 5.56 Å². The van der Waals surface area contributed by atoms with Crippen molar-refractivity contribution in [2.75, 3.05) is 26.2 Å². The minimum Gasteiger partial charge on any atom is -0.481 e. The lowest BCUT2D eigenvalue weighted by Gasteiger charge is -2.31. The zero-order valence-electron chi connectivity index (χ0n) is 12.0. The number of carbonyl (C=O) groups is 1. The van der Waals surface area contributed by atoms with Crippen LogP contribution < -0.4 is 0 Å². The number of aromatic nitrogens is 2. The average molecular weight is 281 g/mol. The van der Waals surface area contributed by atoms with E-state index in [1.54, 1.807) is 0 Å². The molecule has 1 aliphatic heterocycles. The molecule has 2 rings (SSSR count). The van der Waals surface area contributed by atoms with E-state index < -0.39 is 5.97 Å². The lowest BCUT2D eigenvalue weighted by molar-refractivity contribution is -0.138. The smallest absolute Gasteiger partial charge is 0.305 e. The van der Waals surface area contributed by atoms with Crippen molar-refractivity contribution in [3.8, 4) is 0 Å². The number of rotatable bonds is 7. The molecule has 1 aliphatic rings. The van der Waals surface area contributed by atoms with Crippen LogP contribution in [0, 0.1) is 0 Å². The highest BCUT2D eigenvalue weighted by atomic mass is 16.5. The van der Waals surface area contributed by atoms with E-state index in [0.29, 0.717) is 6.61 Å². The van der Waals surface area contributed by atoms with Gasteiger partial charge in [-0.3, -0.25) is 9.48 Å². The second-order valence-electron chi connectivity index (χ2n) is 5.33. The molecule has 112 valence electrons. The van der Waals surface area contributed by atoms with E-state index in [-0.39, 0.29) is 12.5 Å². The quantitative estimate of drug-likeness (QED) is 0.805. The minimum absolute atomic E-state index is 0.0984. The van der Waals surface area contributed by atoms with Crippen LogP contribution >= 0.6 is 0 Å². The highest BCUT2D eigenvalue weighted by molar-refractivity contribution is 5.66. The number of aliphatic carboxylic acids is 1. The number of piperidine rings is 1. The van der Waals surface area contributed by atoms with Crippen LogP contribution in [0.2, 0.25) is 0 Å². The predicted octanol–water partition coefficient (Wildman–Crippen LogP) is 0.918. The Morgan fingerprint density at radius 1 is 1.50 bits per heavy atom. The first-order valence-electron chi connectivity index (χ1n) is 7.17. The van der Waals surface area contributed by atoms with Crippen LogP contribution in [-0.4, -0.2) is 58.1 Å². The highest BCUT2D eigenvalue weighted by Gasteiger charge is 2.19. The maximum absolute atomic E-state index is 10.4. The van der Waals surface area contributed by atoms with Gasteiger partial charge in [-0.05, 0) is 24.8 Å². The van der Waals surface area contributed by atoms with E-state index in [1.807, 2.05) is 17.9 Å². The maximum atomic E-state index is 10.4. The number of hydrogen-bond donors (Lipinski definition) is 1. The van der Waals surface area contributed by atoms with Crippen molar-refractivity contribution in [2.45, 2.75) is 31.8 Å². The molecule has 0 spiro atoms. The molecule has 1 fully saturated rings. The van der Waals surface area contributed by atoms with Gasteiger partial charge in [-0.1, -0.05) is 0 Å². The first kappa shape index (κ1) is 15.0. The van der Waals surface area contributed by atoms with Gasteiger partial charge < -0.3 is 14.7 Å². The second-order valence-corrected chi connectivity index (χ2v) is 5.33. The molecule has 0 saturated carbocycles. The molecule has 0 unspecified atom stereocenters. The summed E-state index contributed by atoms with van der Waals surface area (Å²) in [6, 6.07) is 0. The van der Waals surface area contributed by atoms with E-state index >= 15 is 0 Å². The molecule has 2 heterocycles. The van der Waals surface area contributed by atoms with E-state index in [0.717, 1.165) is 38.9 Å². The molecule has 6 nitrogen and oxygen atoms in total. The number of aryl methyl sites for hydroxylation is 1. The van der Waals surface area contributed by atoms with Crippen molar-refractivity contribution in [3.05, 3.63) is 18.0 Å². The van der Waals surface area contributed by atoms with Crippen molar-refractivity contribution in [1.82, 2.24) is 14.7 Å². The summed E-state index contributed by atoms with van der Waals surface area (Å²) in [5, 5.41) is 12.7. The molecule has 1 aromatic heterocycles. The monoisotopic (exact) mass is 281 g/mol. The highest BCUT2D eigenvalue weighted by Crippen LogP contribution is 2.14. The van der Waals surface area contributed by atoms with Gasteiger partial charge in [-0.15, -0.1) is 0 Å². The van der Waals surface area contributed by atoms with Crippen LogP contribution in [0.5, 0.6) is 0 Å². The summed E-state index contributed by atoms with van der Waals surface area (Å²) in [7, 11) is 1.93. The van der Waals surface area contributed by atoms with Crippen LogP contribution in [0.4, 0.5) is 0 Å². The summed E-state index contributed by atoms with van der Waals surface area (Å²) in [5.74, 6) is -0.793. The molecule has 0 atom stereocenters. The normalized spacial score (nSPS) is 17.4. The number of likely N-dealkylation sites (tertiary alicyclic amines) is 1. The Hall–Kier alpha value is -1.40. The molecule has 0 bridgehead atoms. The Balaban J connectivity index is 1.60. The van der Waals surface area contributed by atoms with Crippen molar-refractivity contribution in [3.63, 3.8) is 0 Å². The summed E-state index contributed by atoms with van der Waals surface area (Å²) in [6.45, 7) is 3.43. The van der Waals surface area contributed by atoms with Gasteiger partial charge in [0.15, 0.2) is 0 Å². The topological polar surface area (TPSA) is 67.6 Å². The molecule has 0 aliphatic carbocycles. The summed E-state index contributed by atoms with van der Waals surface area (Å²) < 4.78 is 7.42. The maximum Gasteiger partial charge on any atom is 0.305 e. The summed E-state index contributed by atoms with van der Waals surface area (Å²) in [5.41, 5.74) is 1.27.